The molecule has 0 bridgehead atoms. The van der Waals surface area contributed by atoms with Gasteiger partial charge in [0.05, 0.1) is 16.6 Å². The Morgan fingerprint density at radius 2 is 1.87 bits per heavy atom. The molecule has 0 unspecified atom stereocenters. The minimum absolute atomic E-state index is 0.119. The Labute approximate surface area is 140 Å². The van der Waals surface area contributed by atoms with Crippen LogP contribution in [0, 0.1) is 4.77 Å². The highest BCUT2D eigenvalue weighted by Crippen LogP contribution is 2.22. The van der Waals surface area contributed by atoms with E-state index >= 15 is 0 Å². The van der Waals surface area contributed by atoms with Crippen LogP contribution in [0.15, 0.2) is 64.9 Å². The molecule has 0 saturated carbocycles. The molecule has 4 nitrogen and oxygen atoms in total. The summed E-state index contributed by atoms with van der Waals surface area (Å²) in [5, 5.41) is 3.51. The van der Waals surface area contributed by atoms with Crippen molar-refractivity contribution in [3.05, 3.63) is 75.2 Å². The fourth-order valence-electron chi connectivity index (χ4n) is 2.52. The van der Waals surface area contributed by atoms with Crippen LogP contribution >= 0.6 is 23.6 Å². The molecule has 0 aliphatic carbocycles. The third kappa shape index (κ3) is 2.42. The van der Waals surface area contributed by atoms with Crippen molar-refractivity contribution in [2.75, 3.05) is 0 Å². The lowest BCUT2D eigenvalue weighted by Gasteiger charge is -2.08. The summed E-state index contributed by atoms with van der Waals surface area (Å²) in [6, 6.07) is 15.0. The smallest absolute Gasteiger partial charge is 0.266 e. The first-order valence-corrected chi connectivity index (χ1v) is 8.27. The normalized spacial score (nSPS) is 11.0. The summed E-state index contributed by atoms with van der Waals surface area (Å²) in [6.07, 6.45) is 1.78. The van der Waals surface area contributed by atoms with Gasteiger partial charge in [0.1, 0.15) is 5.01 Å². The van der Waals surface area contributed by atoms with Crippen LogP contribution in [0.1, 0.15) is 0 Å². The van der Waals surface area contributed by atoms with E-state index in [9.17, 15) is 4.79 Å². The maximum absolute atomic E-state index is 12.7. The maximum Gasteiger partial charge on any atom is 0.266 e. The molecule has 0 aliphatic heterocycles. The zero-order chi connectivity index (χ0) is 15.8. The van der Waals surface area contributed by atoms with Crippen LogP contribution in [-0.4, -0.2) is 14.5 Å². The highest BCUT2D eigenvalue weighted by molar-refractivity contribution is 7.71. The van der Waals surface area contributed by atoms with Gasteiger partial charge < -0.3 is 4.98 Å². The Kier molecular flexibility index (Phi) is 3.40. The molecule has 0 fully saturated rings. The number of para-hydroxylation sites is 1. The van der Waals surface area contributed by atoms with Gasteiger partial charge in [0.2, 0.25) is 0 Å². The molecule has 0 atom stereocenters. The molecule has 0 radical (unpaired) electrons. The van der Waals surface area contributed by atoms with E-state index in [1.807, 2.05) is 47.8 Å². The molecule has 0 spiro atoms. The number of nitrogens with one attached hydrogen (secondary N) is 1. The lowest BCUT2D eigenvalue weighted by molar-refractivity contribution is 0.940. The van der Waals surface area contributed by atoms with Gasteiger partial charge in [-0.25, -0.2) is 4.98 Å². The van der Waals surface area contributed by atoms with Crippen molar-refractivity contribution in [3.8, 4) is 16.3 Å². The predicted octanol–water partition coefficient (Wildman–Crippen LogP) is 4.17. The summed E-state index contributed by atoms with van der Waals surface area (Å²) < 4.78 is 1.90. The highest BCUT2D eigenvalue weighted by Gasteiger charge is 2.08. The number of hydrogen-bond acceptors (Lipinski definition) is 4. The SMILES string of the molecule is O=c1c2ccccc2[nH]c(=S)n1-c1ccc(-c2nccs2)cc1. The quantitative estimate of drug-likeness (QED) is 0.559. The second-order valence-corrected chi connectivity index (χ2v) is 6.28. The lowest BCUT2D eigenvalue weighted by atomic mass is 10.2. The Balaban J connectivity index is 1.89. The van der Waals surface area contributed by atoms with E-state index in [0.29, 0.717) is 10.2 Å². The Morgan fingerprint density at radius 3 is 2.61 bits per heavy atom. The summed E-state index contributed by atoms with van der Waals surface area (Å²) in [5.74, 6) is 0. The van der Waals surface area contributed by atoms with Crippen LogP contribution in [0.5, 0.6) is 0 Å². The van der Waals surface area contributed by atoms with Gasteiger partial charge >= 0.3 is 0 Å². The van der Waals surface area contributed by atoms with Gasteiger partial charge in [-0.15, -0.1) is 11.3 Å². The number of H-pyrrole nitrogens is 1. The number of rotatable bonds is 2. The van der Waals surface area contributed by atoms with Crippen LogP contribution in [0.25, 0.3) is 27.2 Å². The number of aromatic amines is 1. The first-order chi connectivity index (χ1) is 11.2. The topological polar surface area (TPSA) is 50.7 Å². The maximum atomic E-state index is 12.7. The first-order valence-electron chi connectivity index (χ1n) is 6.98. The number of thiazole rings is 1. The summed E-state index contributed by atoms with van der Waals surface area (Å²) in [7, 11) is 0. The van der Waals surface area contributed by atoms with E-state index in [2.05, 4.69) is 9.97 Å². The summed E-state index contributed by atoms with van der Waals surface area (Å²) in [4.78, 5) is 20.1. The van der Waals surface area contributed by atoms with Gasteiger partial charge in [0.15, 0.2) is 4.77 Å². The van der Waals surface area contributed by atoms with Crippen LogP contribution in [0.3, 0.4) is 0 Å². The van der Waals surface area contributed by atoms with Crippen LogP contribution in [0.4, 0.5) is 0 Å². The van der Waals surface area contributed by atoms with E-state index in [1.54, 1.807) is 23.6 Å². The van der Waals surface area contributed by atoms with Crippen LogP contribution < -0.4 is 5.56 Å². The standard InChI is InChI=1S/C17H11N3OS2/c21-16-13-3-1-2-4-14(13)19-17(22)20(16)12-7-5-11(6-8-12)15-18-9-10-23-15/h1-10H,(H,19,22). The van der Waals surface area contributed by atoms with E-state index in [0.717, 1.165) is 21.8 Å². The summed E-state index contributed by atoms with van der Waals surface area (Å²) >= 11 is 6.94. The van der Waals surface area contributed by atoms with Crippen molar-refractivity contribution < 1.29 is 0 Å². The van der Waals surface area contributed by atoms with Crippen LogP contribution in [0.2, 0.25) is 0 Å². The Bertz CT molecular complexity index is 1090. The fourth-order valence-corrected chi connectivity index (χ4v) is 3.46. The first kappa shape index (κ1) is 14.0. The Hall–Kier alpha value is -2.57. The van der Waals surface area contributed by atoms with Gasteiger partial charge in [-0.05, 0) is 48.6 Å². The third-order valence-electron chi connectivity index (χ3n) is 3.61. The van der Waals surface area contributed by atoms with E-state index in [-0.39, 0.29) is 5.56 Å². The van der Waals surface area contributed by atoms with Gasteiger partial charge in [-0.3, -0.25) is 9.36 Å². The number of benzene rings is 2. The molecule has 4 aromatic rings. The molecule has 2 aromatic heterocycles. The fraction of sp³-hybridized carbons (Fsp3) is 0. The van der Waals surface area contributed by atoms with E-state index in [4.69, 9.17) is 12.2 Å². The lowest BCUT2D eigenvalue weighted by Crippen LogP contribution is -2.20. The van der Waals surface area contributed by atoms with Crippen molar-refractivity contribution in [2.24, 2.45) is 0 Å². The highest BCUT2D eigenvalue weighted by atomic mass is 32.1. The molecule has 23 heavy (non-hydrogen) atoms. The molecule has 6 heteroatoms. The second-order valence-electron chi connectivity index (χ2n) is 5.00. The molecule has 112 valence electrons. The molecular formula is C17H11N3OS2. The molecule has 0 amide bonds. The minimum Gasteiger partial charge on any atom is -0.331 e. The van der Waals surface area contributed by atoms with Gasteiger partial charge in [-0.2, -0.15) is 0 Å². The predicted molar refractivity (Wildman–Crippen MR) is 95.8 cm³/mol. The number of hydrogen-bond donors (Lipinski definition) is 1. The van der Waals surface area contributed by atoms with Crippen LogP contribution in [-0.2, 0) is 0 Å². The molecule has 0 saturated heterocycles. The largest absolute Gasteiger partial charge is 0.331 e. The van der Waals surface area contributed by atoms with Crippen molar-refractivity contribution in [1.82, 2.24) is 14.5 Å². The molecule has 1 N–H and O–H groups in total. The average Bonchev–Trinajstić information content (AvgIpc) is 3.10. The van der Waals surface area contributed by atoms with Crippen molar-refractivity contribution in [2.45, 2.75) is 0 Å². The Morgan fingerprint density at radius 1 is 1.09 bits per heavy atom. The van der Waals surface area contributed by atoms with Crippen molar-refractivity contribution >= 4 is 34.5 Å². The summed E-state index contributed by atoms with van der Waals surface area (Å²) in [6.45, 7) is 0. The number of aromatic nitrogens is 3. The molecular weight excluding hydrogens is 326 g/mol. The van der Waals surface area contributed by atoms with Crippen molar-refractivity contribution in [3.63, 3.8) is 0 Å². The molecule has 4 rings (SSSR count). The zero-order valence-electron chi connectivity index (χ0n) is 11.9. The number of nitrogens with zero attached hydrogens (tertiary/aromatic N) is 2. The third-order valence-corrected chi connectivity index (χ3v) is 4.72. The molecule has 2 aromatic carbocycles. The molecule has 0 aliphatic rings. The summed E-state index contributed by atoms with van der Waals surface area (Å²) in [5.41, 5.74) is 2.39. The van der Waals surface area contributed by atoms with E-state index in [1.165, 1.54) is 4.57 Å². The monoisotopic (exact) mass is 337 g/mol. The minimum atomic E-state index is -0.119. The zero-order valence-corrected chi connectivity index (χ0v) is 13.5. The average molecular weight is 337 g/mol. The molecule has 2 heterocycles. The number of fused-ring (bicyclic) bond motifs is 1. The van der Waals surface area contributed by atoms with Gasteiger partial charge in [0, 0.05) is 17.1 Å². The van der Waals surface area contributed by atoms with E-state index < -0.39 is 0 Å². The van der Waals surface area contributed by atoms with Gasteiger partial charge in [-0.1, -0.05) is 12.1 Å². The van der Waals surface area contributed by atoms with Gasteiger partial charge in [0.25, 0.3) is 5.56 Å². The van der Waals surface area contributed by atoms with Crippen molar-refractivity contribution in [1.29, 1.82) is 0 Å². The second kappa shape index (κ2) is 5.57.